The van der Waals surface area contributed by atoms with Gasteiger partial charge in [-0.05, 0) is 18.6 Å². The molecule has 78 valence electrons. The molecule has 0 heterocycles. The van der Waals surface area contributed by atoms with E-state index >= 15 is 0 Å². The quantitative estimate of drug-likeness (QED) is 0.720. The highest BCUT2D eigenvalue weighted by Crippen LogP contribution is 2.23. The van der Waals surface area contributed by atoms with Gasteiger partial charge in [-0.1, -0.05) is 38.6 Å². The van der Waals surface area contributed by atoms with Gasteiger partial charge in [0.05, 0.1) is 11.4 Å². The summed E-state index contributed by atoms with van der Waals surface area (Å²) in [6.45, 7) is 10.6. The van der Waals surface area contributed by atoms with Crippen molar-refractivity contribution in [2.24, 2.45) is 0 Å². The second kappa shape index (κ2) is 7.01. The first-order valence-corrected chi connectivity index (χ1v) is 5.04. The molecule has 0 unspecified atom stereocenters. The molecule has 1 aromatic carbocycles. The lowest BCUT2D eigenvalue weighted by Gasteiger charge is -2.09. The molecule has 2 heteroatoms. The number of para-hydroxylation sites is 1. The highest BCUT2D eigenvalue weighted by molar-refractivity contribution is 5.77. The summed E-state index contributed by atoms with van der Waals surface area (Å²) in [5, 5.41) is 3.20. The van der Waals surface area contributed by atoms with Crippen molar-refractivity contribution < 1.29 is 0 Å². The largest absolute Gasteiger partial charge is 0.397 e. The van der Waals surface area contributed by atoms with E-state index < -0.39 is 0 Å². The molecule has 0 fully saturated rings. The summed E-state index contributed by atoms with van der Waals surface area (Å²) >= 11 is 0. The van der Waals surface area contributed by atoms with E-state index in [0.717, 1.165) is 23.5 Å². The fourth-order valence-electron chi connectivity index (χ4n) is 1.14. The van der Waals surface area contributed by atoms with Gasteiger partial charge in [-0.3, -0.25) is 0 Å². The number of hydrogen-bond donors (Lipinski definition) is 2. The van der Waals surface area contributed by atoms with E-state index in [9.17, 15) is 0 Å². The van der Waals surface area contributed by atoms with Crippen LogP contribution in [0.4, 0.5) is 11.4 Å². The molecule has 0 aliphatic rings. The zero-order valence-electron chi connectivity index (χ0n) is 9.30. The van der Waals surface area contributed by atoms with Crippen LogP contribution in [0.2, 0.25) is 0 Å². The molecule has 0 spiro atoms. The van der Waals surface area contributed by atoms with Gasteiger partial charge in [0.15, 0.2) is 0 Å². The molecule has 3 N–H and O–H groups in total. The molecule has 0 aliphatic heterocycles. The number of rotatable bonds is 3. The number of anilines is 2. The lowest BCUT2D eigenvalue weighted by atomic mass is 10.1. The van der Waals surface area contributed by atoms with Crippen molar-refractivity contribution in [3.63, 3.8) is 0 Å². The van der Waals surface area contributed by atoms with E-state index in [1.807, 2.05) is 39.0 Å². The van der Waals surface area contributed by atoms with Crippen LogP contribution < -0.4 is 11.1 Å². The van der Waals surface area contributed by atoms with E-state index in [1.54, 1.807) is 6.08 Å². The smallest absolute Gasteiger partial charge is 0.0647 e. The van der Waals surface area contributed by atoms with Gasteiger partial charge in [-0.15, -0.1) is 0 Å². The minimum Gasteiger partial charge on any atom is -0.397 e. The lowest BCUT2D eigenvalue weighted by molar-refractivity contribution is 1.21. The summed E-state index contributed by atoms with van der Waals surface area (Å²) in [6, 6.07) is 5.79. The third-order valence-corrected chi connectivity index (χ3v) is 1.70. The van der Waals surface area contributed by atoms with Crippen molar-refractivity contribution in [1.29, 1.82) is 0 Å². The number of nitrogens with two attached hydrogens (primary N) is 1. The molecule has 1 aromatic rings. The van der Waals surface area contributed by atoms with Crippen LogP contribution in [0.1, 0.15) is 26.3 Å². The van der Waals surface area contributed by atoms with Crippen molar-refractivity contribution >= 4 is 17.5 Å². The van der Waals surface area contributed by atoms with Crippen molar-refractivity contribution in [3.8, 4) is 0 Å². The van der Waals surface area contributed by atoms with Gasteiger partial charge in [-0.2, -0.15) is 0 Å². The van der Waals surface area contributed by atoms with Crippen LogP contribution in [0.3, 0.4) is 0 Å². The second-order valence-corrected chi connectivity index (χ2v) is 2.55. The molecule has 0 bridgehead atoms. The Morgan fingerprint density at radius 2 is 2.07 bits per heavy atom. The van der Waals surface area contributed by atoms with E-state index in [2.05, 4.69) is 11.9 Å². The minimum absolute atomic E-state index is 0.772. The normalized spacial score (nSPS) is 8.50. The Kier molecular flexibility index (Phi) is 6.29. The molecule has 14 heavy (non-hydrogen) atoms. The third-order valence-electron chi connectivity index (χ3n) is 1.70. The second-order valence-electron chi connectivity index (χ2n) is 2.55. The summed E-state index contributed by atoms with van der Waals surface area (Å²) in [7, 11) is 0. The maximum absolute atomic E-state index is 5.77. The van der Waals surface area contributed by atoms with Crippen LogP contribution in [0, 0.1) is 0 Å². The molecule has 2 nitrogen and oxygen atoms in total. The van der Waals surface area contributed by atoms with Crippen LogP contribution >= 0.6 is 0 Å². The van der Waals surface area contributed by atoms with Crippen molar-refractivity contribution in [2.75, 3.05) is 17.6 Å². The topological polar surface area (TPSA) is 38.0 Å². The Bertz CT molecular complexity index is 280. The van der Waals surface area contributed by atoms with E-state index in [0.29, 0.717) is 0 Å². The van der Waals surface area contributed by atoms with Crippen molar-refractivity contribution in [2.45, 2.75) is 20.8 Å². The molecule has 1 rings (SSSR count). The summed E-state index contributed by atoms with van der Waals surface area (Å²) in [6.07, 6.45) is 1.80. The Labute approximate surface area is 86.8 Å². The monoisotopic (exact) mass is 192 g/mol. The maximum Gasteiger partial charge on any atom is 0.0647 e. The van der Waals surface area contributed by atoms with Gasteiger partial charge in [0.2, 0.25) is 0 Å². The van der Waals surface area contributed by atoms with Gasteiger partial charge < -0.3 is 11.1 Å². The molecular formula is C12H20N2. The van der Waals surface area contributed by atoms with Crippen molar-refractivity contribution in [3.05, 3.63) is 30.3 Å². The Morgan fingerprint density at radius 1 is 1.43 bits per heavy atom. The average molecular weight is 192 g/mol. The number of nitrogens with one attached hydrogen (secondary N) is 1. The standard InChI is InChI=1S/C10H14N2.C2H6/c1-3-8-6-5-7-9(11)10(8)12-4-2;1-2/h3,5-7,12H,1,4,11H2,2H3;1-2H3. The molecule has 0 amide bonds. The zero-order chi connectivity index (χ0) is 11.0. The summed E-state index contributed by atoms with van der Waals surface area (Å²) in [5.74, 6) is 0. The van der Waals surface area contributed by atoms with Gasteiger partial charge >= 0.3 is 0 Å². The van der Waals surface area contributed by atoms with E-state index in [1.165, 1.54) is 0 Å². The van der Waals surface area contributed by atoms with Crippen LogP contribution in [-0.4, -0.2) is 6.54 Å². The van der Waals surface area contributed by atoms with Gasteiger partial charge in [0, 0.05) is 6.54 Å². The van der Waals surface area contributed by atoms with Gasteiger partial charge in [-0.25, -0.2) is 0 Å². The van der Waals surface area contributed by atoms with Crippen LogP contribution in [0.15, 0.2) is 24.8 Å². The molecular weight excluding hydrogens is 172 g/mol. The summed E-state index contributed by atoms with van der Waals surface area (Å²) < 4.78 is 0. The molecule has 0 atom stereocenters. The zero-order valence-corrected chi connectivity index (χ0v) is 9.30. The summed E-state index contributed by atoms with van der Waals surface area (Å²) in [5.41, 5.74) is 8.58. The first-order chi connectivity index (χ1) is 6.79. The number of hydrogen-bond acceptors (Lipinski definition) is 2. The number of nitrogen functional groups attached to an aromatic ring is 1. The van der Waals surface area contributed by atoms with Crippen LogP contribution in [0.5, 0.6) is 0 Å². The van der Waals surface area contributed by atoms with E-state index in [-0.39, 0.29) is 0 Å². The first kappa shape index (κ1) is 12.6. The molecule has 0 saturated heterocycles. The Hall–Kier alpha value is -1.44. The molecule has 0 saturated carbocycles. The summed E-state index contributed by atoms with van der Waals surface area (Å²) in [4.78, 5) is 0. The molecule has 0 radical (unpaired) electrons. The fraction of sp³-hybridized carbons (Fsp3) is 0.333. The Balaban J connectivity index is 0.000000791. The maximum atomic E-state index is 5.77. The molecule has 0 aliphatic carbocycles. The average Bonchev–Trinajstić information content (AvgIpc) is 2.24. The van der Waals surface area contributed by atoms with Gasteiger partial charge in [0.25, 0.3) is 0 Å². The predicted molar refractivity (Wildman–Crippen MR) is 66.5 cm³/mol. The fourth-order valence-corrected chi connectivity index (χ4v) is 1.14. The van der Waals surface area contributed by atoms with E-state index in [4.69, 9.17) is 5.73 Å². The molecule has 0 aromatic heterocycles. The van der Waals surface area contributed by atoms with Gasteiger partial charge in [0.1, 0.15) is 0 Å². The third kappa shape index (κ3) is 3.13. The van der Waals surface area contributed by atoms with Crippen molar-refractivity contribution in [1.82, 2.24) is 0 Å². The predicted octanol–water partition coefficient (Wildman–Crippen LogP) is 3.37. The van der Waals surface area contributed by atoms with Crippen LogP contribution in [0.25, 0.3) is 6.08 Å². The highest BCUT2D eigenvalue weighted by atomic mass is 14.9. The van der Waals surface area contributed by atoms with Crippen LogP contribution in [-0.2, 0) is 0 Å². The SMILES string of the molecule is C=Cc1cccc(N)c1NCC.CC. The highest BCUT2D eigenvalue weighted by Gasteiger charge is 2.00. The number of benzene rings is 1. The Morgan fingerprint density at radius 3 is 2.57 bits per heavy atom. The lowest BCUT2D eigenvalue weighted by Crippen LogP contribution is -2.02. The minimum atomic E-state index is 0.772. The first-order valence-electron chi connectivity index (χ1n) is 5.04.